The third kappa shape index (κ3) is 1.58. The number of fused-ring (bicyclic) bond motifs is 2. The van der Waals surface area contributed by atoms with Crippen LogP contribution in [-0.4, -0.2) is 11.1 Å². The summed E-state index contributed by atoms with van der Waals surface area (Å²) in [6.45, 7) is 10.4. The van der Waals surface area contributed by atoms with Gasteiger partial charge < -0.3 is 9.84 Å². The fourth-order valence-corrected chi connectivity index (χ4v) is 3.80. The van der Waals surface area contributed by atoms with Crippen molar-refractivity contribution in [2.75, 3.05) is 5.32 Å². The number of nitrogens with one attached hydrogen (secondary N) is 1. The molecule has 1 aromatic rings. The highest BCUT2D eigenvalue weighted by Gasteiger charge is 2.60. The Morgan fingerprint density at radius 2 is 2.32 bits per heavy atom. The number of anilines is 1. The zero-order chi connectivity index (χ0) is 13.8. The van der Waals surface area contributed by atoms with Crippen molar-refractivity contribution >= 4 is 11.7 Å². The summed E-state index contributed by atoms with van der Waals surface area (Å²) >= 11 is 0. The van der Waals surface area contributed by atoms with Gasteiger partial charge in [-0.1, -0.05) is 31.2 Å². The molecule has 0 radical (unpaired) electrons. The molecule has 1 heterocycles. The molecule has 0 aromatic carbocycles. The number of aromatic nitrogens is 1. The molecule has 0 unspecified atom stereocenters. The van der Waals surface area contributed by atoms with Crippen molar-refractivity contribution in [3.05, 3.63) is 24.0 Å². The first-order valence-corrected chi connectivity index (χ1v) is 6.81. The molecule has 1 N–H and O–H groups in total. The molecule has 2 fully saturated rings. The van der Waals surface area contributed by atoms with Crippen LogP contribution in [0.15, 0.2) is 22.7 Å². The van der Waals surface area contributed by atoms with Crippen LogP contribution < -0.4 is 5.32 Å². The zero-order valence-electron chi connectivity index (χ0n) is 11.7. The van der Waals surface area contributed by atoms with Gasteiger partial charge in [0.25, 0.3) is 0 Å². The highest BCUT2D eigenvalue weighted by Crippen LogP contribution is 2.65. The van der Waals surface area contributed by atoms with Crippen LogP contribution in [-0.2, 0) is 4.79 Å². The fourth-order valence-electron chi connectivity index (χ4n) is 3.80. The molecule has 19 heavy (non-hydrogen) atoms. The minimum atomic E-state index is -0.402. The molecule has 2 bridgehead atoms. The highest BCUT2D eigenvalue weighted by molar-refractivity contribution is 5.97. The second-order valence-corrected chi connectivity index (χ2v) is 6.50. The van der Waals surface area contributed by atoms with Gasteiger partial charge in [0.05, 0.1) is 5.41 Å². The smallest absolute Gasteiger partial charge is 0.235 e. The van der Waals surface area contributed by atoms with E-state index in [2.05, 4.69) is 30.9 Å². The number of hydrogen-bond acceptors (Lipinski definition) is 3. The monoisotopic (exact) mass is 260 g/mol. The molecular formula is C15H20N2O2. The Morgan fingerprint density at radius 1 is 1.58 bits per heavy atom. The summed E-state index contributed by atoms with van der Waals surface area (Å²) in [5, 5.41) is 6.72. The van der Waals surface area contributed by atoms with Gasteiger partial charge in [-0.15, -0.1) is 0 Å². The summed E-state index contributed by atoms with van der Waals surface area (Å²) in [4.78, 5) is 12.6. The van der Waals surface area contributed by atoms with E-state index in [9.17, 15) is 4.79 Å². The SMILES string of the molecule is C=C1C(C)(C)[C@H]2CC[C@]1(C(=O)Nc1cc(C)on1)C2. The van der Waals surface area contributed by atoms with Gasteiger partial charge in [-0.2, -0.15) is 0 Å². The minimum Gasteiger partial charge on any atom is -0.360 e. The standard InChI is InChI=1S/C15H20N2O2/c1-9-7-12(17-19-9)16-13(18)15-6-5-11(8-15)14(3,4)10(15)2/h7,11H,2,5-6,8H2,1,3-4H3,(H,16,17,18)/t11-,15-/m0/s1. The number of amides is 1. The van der Waals surface area contributed by atoms with Gasteiger partial charge in [-0.25, -0.2) is 0 Å². The number of hydrogen-bond donors (Lipinski definition) is 1. The van der Waals surface area contributed by atoms with E-state index in [0.717, 1.165) is 24.8 Å². The summed E-state index contributed by atoms with van der Waals surface area (Å²) in [6.07, 6.45) is 2.93. The summed E-state index contributed by atoms with van der Waals surface area (Å²) in [6, 6.07) is 1.74. The second-order valence-electron chi connectivity index (χ2n) is 6.50. The third-order valence-corrected chi connectivity index (χ3v) is 5.19. The Labute approximate surface area is 113 Å². The fraction of sp³-hybridized carbons (Fsp3) is 0.600. The maximum atomic E-state index is 12.6. The van der Waals surface area contributed by atoms with E-state index < -0.39 is 5.41 Å². The summed E-state index contributed by atoms with van der Waals surface area (Å²) in [5.41, 5.74) is 0.741. The molecule has 1 aromatic heterocycles. The quantitative estimate of drug-likeness (QED) is 0.830. The number of rotatable bonds is 2. The van der Waals surface area contributed by atoms with E-state index in [1.807, 2.05) is 6.92 Å². The lowest BCUT2D eigenvalue weighted by Gasteiger charge is -2.36. The Bertz CT molecular complexity index is 558. The minimum absolute atomic E-state index is 0.0267. The summed E-state index contributed by atoms with van der Waals surface area (Å²) in [5.74, 6) is 1.80. The predicted octanol–water partition coefficient (Wildman–Crippen LogP) is 3.30. The van der Waals surface area contributed by atoms with Gasteiger partial charge in [-0.3, -0.25) is 4.79 Å². The Morgan fingerprint density at radius 3 is 2.84 bits per heavy atom. The lowest BCUT2D eigenvalue weighted by atomic mass is 9.68. The molecule has 2 saturated carbocycles. The molecule has 0 saturated heterocycles. The molecule has 0 aliphatic heterocycles. The van der Waals surface area contributed by atoms with Crippen molar-refractivity contribution in [1.29, 1.82) is 0 Å². The van der Waals surface area contributed by atoms with Crippen molar-refractivity contribution in [3.8, 4) is 0 Å². The Hall–Kier alpha value is -1.58. The third-order valence-electron chi connectivity index (χ3n) is 5.19. The van der Waals surface area contributed by atoms with Crippen LogP contribution in [0.4, 0.5) is 5.82 Å². The van der Waals surface area contributed by atoms with Crippen LogP contribution in [0.5, 0.6) is 0 Å². The molecule has 1 amide bonds. The van der Waals surface area contributed by atoms with Gasteiger partial charge in [0.2, 0.25) is 5.91 Å². The average Bonchev–Trinajstić information content (AvgIpc) is 2.98. The topological polar surface area (TPSA) is 55.1 Å². The molecule has 2 aliphatic carbocycles. The van der Waals surface area contributed by atoms with Crippen molar-refractivity contribution in [2.24, 2.45) is 16.7 Å². The highest BCUT2D eigenvalue weighted by atomic mass is 16.5. The van der Waals surface area contributed by atoms with Crippen molar-refractivity contribution in [1.82, 2.24) is 5.16 Å². The molecule has 3 rings (SSSR count). The second kappa shape index (κ2) is 3.71. The lowest BCUT2D eigenvalue weighted by molar-refractivity contribution is -0.123. The molecule has 4 heteroatoms. The van der Waals surface area contributed by atoms with E-state index in [1.165, 1.54) is 0 Å². The number of nitrogens with zero attached hydrogens (tertiary/aromatic N) is 1. The van der Waals surface area contributed by atoms with E-state index >= 15 is 0 Å². The van der Waals surface area contributed by atoms with E-state index in [0.29, 0.717) is 17.5 Å². The van der Waals surface area contributed by atoms with Gasteiger partial charge >= 0.3 is 0 Å². The van der Waals surface area contributed by atoms with Crippen molar-refractivity contribution in [2.45, 2.75) is 40.0 Å². The lowest BCUT2D eigenvalue weighted by Crippen LogP contribution is -2.37. The normalized spacial score (nSPS) is 31.7. The first kappa shape index (κ1) is 12.5. The van der Waals surface area contributed by atoms with Gasteiger partial charge in [0.1, 0.15) is 5.76 Å². The van der Waals surface area contributed by atoms with Crippen LogP contribution in [0.1, 0.15) is 38.9 Å². The zero-order valence-corrected chi connectivity index (χ0v) is 11.7. The molecule has 102 valence electrons. The Balaban J connectivity index is 1.86. The maximum Gasteiger partial charge on any atom is 0.235 e. The predicted molar refractivity (Wildman–Crippen MR) is 72.6 cm³/mol. The van der Waals surface area contributed by atoms with Crippen LogP contribution in [0, 0.1) is 23.7 Å². The molecule has 0 spiro atoms. The Kier molecular flexibility index (Phi) is 2.43. The largest absolute Gasteiger partial charge is 0.360 e. The average molecular weight is 260 g/mol. The molecular weight excluding hydrogens is 240 g/mol. The first-order chi connectivity index (χ1) is 8.86. The van der Waals surface area contributed by atoms with Gasteiger partial charge in [0, 0.05) is 6.07 Å². The van der Waals surface area contributed by atoms with Crippen molar-refractivity contribution in [3.63, 3.8) is 0 Å². The van der Waals surface area contributed by atoms with Gasteiger partial charge in [-0.05, 0) is 37.5 Å². The first-order valence-electron chi connectivity index (χ1n) is 6.81. The molecule has 4 nitrogen and oxygen atoms in total. The van der Waals surface area contributed by atoms with E-state index in [4.69, 9.17) is 4.52 Å². The summed E-state index contributed by atoms with van der Waals surface area (Å²) in [7, 11) is 0. The maximum absolute atomic E-state index is 12.6. The number of aryl methyl sites for hydroxylation is 1. The van der Waals surface area contributed by atoms with Crippen molar-refractivity contribution < 1.29 is 9.32 Å². The van der Waals surface area contributed by atoms with Crippen LogP contribution in [0.25, 0.3) is 0 Å². The van der Waals surface area contributed by atoms with Gasteiger partial charge in [0.15, 0.2) is 5.82 Å². The van der Waals surface area contributed by atoms with E-state index in [-0.39, 0.29) is 11.3 Å². The van der Waals surface area contributed by atoms with Crippen LogP contribution >= 0.6 is 0 Å². The van der Waals surface area contributed by atoms with E-state index in [1.54, 1.807) is 6.07 Å². The molecule has 2 aliphatic rings. The summed E-state index contributed by atoms with van der Waals surface area (Å²) < 4.78 is 4.99. The van der Waals surface area contributed by atoms with Crippen LogP contribution in [0.2, 0.25) is 0 Å². The number of carbonyl (C=O) groups excluding carboxylic acids is 1. The number of carbonyl (C=O) groups is 1. The van der Waals surface area contributed by atoms with Crippen LogP contribution in [0.3, 0.4) is 0 Å². The molecule has 2 atom stereocenters.